The van der Waals surface area contributed by atoms with E-state index in [1.807, 2.05) is 24.3 Å². The van der Waals surface area contributed by atoms with Crippen molar-refractivity contribution >= 4 is 33.4 Å². The van der Waals surface area contributed by atoms with Crippen LogP contribution >= 0.6 is 11.3 Å². The van der Waals surface area contributed by atoms with Gasteiger partial charge in [-0.2, -0.15) is 0 Å². The Balaban J connectivity index is 2.42. The van der Waals surface area contributed by atoms with E-state index in [-0.39, 0.29) is 6.61 Å². The number of rotatable bonds is 4. The highest BCUT2D eigenvalue weighted by Crippen LogP contribution is 2.38. The standard InChI is InChI=1S/C13H12O5S/c1-16-10(14)7-18-11-8-5-3-4-6-9(8)19-12(11)13(15)17-2/h3-6H,7H2,1-2H3. The molecule has 0 bridgehead atoms. The highest BCUT2D eigenvalue weighted by Gasteiger charge is 2.21. The first-order valence-electron chi connectivity index (χ1n) is 5.46. The van der Waals surface area contributed by atoms with Crippen LogP contribution in [0, 0.1) is 0 Å². The van der Waals surface area contributed by atoms with Crippen LogP contribution in [0.4, 0.5) is 0 Å². The number of thiophene rings is 1. The first-order valence-corrected chi connectivity index (χ1v) is 6.28. The summed E-state index contributed by atoms with van der Waals surface area (Å²) in [6.45, 7) is -0.249. The summed E-state index contributed by atoms with van der Waals surface area (Å²) in [5.41, 5.74) is 0. The summed E-state index contributed by atoms with van der Waals surface area (Å²) in [6.07, 6.45) is 0. The maximum absolute atomic E-state index is 11.7. The van der Waals surface area contributed by atoms with Gasteiger partial charge in [0.05, 0.1) is 14.2 Å². The van der Waals surface area contributed by atoms with Crippen LogP contribution in [-0.4, -0.2) is 32.8 Å². The lowest BCUT2D eigenvalue weighted by atomic mass is 10.2. The van der Waals surface area contributed by atoms with Crippen LogP contribution in [0.5, 0.6) is 5.75 Å². The molecule has 6 heteroatoms. The van der Waals surface area contributed by atoms with Crippen LogP contribution in [0.25, 0.3) is 10.1 Å². The molecule has 0 saturated heterocycles. The van der Waals surface area contributed by atoms with E-state index >= 15 is 0 Å². The van der Waals surface area contributed by atoms with Gasteiger partial charge in [-0.3, -0.25) is 0 Å². The van der Waals surface area contributed by atoms with Gasteiger partial charge in [0, 0.05) is 10.1 Å². The zero-order valence-electron chi connectivity index (χ0n) is 10.5. The molecular weight excluding hydrogens is 268 g/mol. The summed E-state index contributed by atoms with van der Waals surface area (Å²) >= 11 is 1.26. The number of carbonyl (C=O) groups excluding carboxylic acids is 2. The fraction of sp³-hybridized carbons (Fsp3) is 0.231. The molecule has 100 valence electrons. The first kappa shape index (κ1) is 13.4. The molecule has 0 amide bonds. The Morgan fingerprint density at radius 2 is 1.89 bits per heavy atom. The molecule has 2 aromatic rings. The van der Waals surface area contributed by atoms with Crippen LogP contribution in [0.2, 0.25) is 0 Å². The quantitative estimate of drug-likeness (QED) is 0.804. The number of hydrogen-bond acceptors (Lipinski definition) is 6. The van der Waals surface area contributed by atoms with Crippen LogP contribution in [0.1, 0.15) is 9.67 Å². The Bertz CT molecular complexity index is 617. The Hall–Kier alpha value is -2.08. The Morgan fingerprint density at radius 1 is 1.16 bits per heavy atom. The molecular formula is C13H12O5S. The van der Waals surface area contributed by atoms with Gasteiger partial charge in [-0.1, -0.05) is 12.1 Å². The number of methoxy groups -OCH3 is 2. The van der Waals surface area contributed by atoms with Crippen LogP contribution < -0.4 is 4.74 Å². The minimum Gasteiger partial charge on any atom is -0.479 e. The van der Waals surface area contributed by atoms with Crippen molar-refractivity contribution in [3.05, 3.63) is 29.1 Å². The van der Waals surface area contributed by atoms with Gasteiger partial charge < -0.3 is 14.2 Å². The molecule has 0 atom stereocenters. The lowest BCUT2D eigenvalue weighted by Crippen LogP contribution is -2.13. The molecule has 0 aliphatic carbocycles. The van der Waals surface area contributed by atoms with E-state index in [2.05, 4.69) is 4.74 Å². The summed E-state index contributed by atoms with van der Waals surface area (Å²) < 4.78 is 15.5. The van der Waals surface area contributed by atoms with Gasteiger partial charge in [-0.15, -0.1) is 11.3 Å². The molecule has 0 unspecified atom stereocenters. The molecule has 0 aliphatic heterocycles. The monoisotopic (exact) mass is 280 g/mol. The molecule has 1 heterocycles. The van der Waals surface area contributed by atoms with Gasteiger partial charge in [0.2, 0.25) is 0 Å². The fourth-order valence-electron chi connectivity index (χ4n) is 1.58. The number of hydrogen-bond donors (Lipinski definition) is 0. The van der Waals surface area contributed by atoms with Crippen molar-refractivity contribution in [2.45, 2.75) is 0 Å². The van der Waals surface area contributed by atoms with Crippen molar-refractivity contribution in [3.63, 3.8) is 0 Å². The van der Waals surface area contributed by atoms with Crippen LogP contribution in [-0.2, 0) is 14.3 Å². The number of fused-ring (bicyclic) bond motifs is 1. The van der Waals surface area contributed by atoms with E-state index in [1.165, 1.54) is 25.6 Å². The van der Waals surface area contributed by atoms with Crippen molar-refractivity contribution in [2.75, 3.05) is 20.8 Å². The fourth-order valence-corrected chi connectivity index (χ4v) is 2.65. The summed E-state index contributed by atoms with van der Waals surface area (Å²) in [6, 6.07) is 7.40. The second-order valence-corrected chi connectivity index (χ2v) is 4.67. The van der Waals surface area contributed by atoms with E-state index in [9.17, 15) is 9.59 Å². The van der Waals surface area contributed by atoms with Gasteiger partial charge >= 0.3 is 11.9 Å². The van der Waals surface area contributed by atoms with E-state index in [1.54, 1.807) is 0 Å². The van der Waals surface area contributed by atoms with E-state index in [0.717, 1.165) is 10.1 Å². The van der Waals surface area contributed by atoms with Crippen LogP contribution in [0.3, 0.4) is 0 Å². The first-order chi connectivity index (χ1) is 9.17. The van der Waals surface area contributed by atoms with Crippen molar-refractivity contribution in [2.24, 2.45) is 0 Å². The SMILES string of the molecule is COC(=O)COc1c(C(=O)OC)sc2ccccc12. The molecule has 0 spiro atoms. The maximum Gasteiger partial charge on any atom is 0.351 e. The van der Waals surface area contributed by atoms with Crippen molar-refractivity contribution in [3.8, 4) is 5.75 Å². The predicted molar refractivity (Wildman–Crippen MR) is 70.7 cm³/mol. The van der Waals surface area contributed by atoms with Crippen molar-refractivity contribution in [1.29, 1.82) is 0 Å². The minimum atomic E-state index is -0.508. The van der Waals surface area contributed by atoms with Gasteiger partial charge in [-0.25, -0.2) is 9.59 Å². The summed E-state index contributed by atoms with van der Waals surface area (Å²) in [5, 5.41) is 0.775. The molecule has 19 heavy (non-hydrogen) atoms. The molecule has 0 aliphatic rings. The van der Waals surface area contributed by atoms with Gasteiger partial charge in [-0.05, 0) is 12.1 Å². The minimum absolute atomic E-state index is 0.249. The van der Waals surface area contributed by atoms with Gasteiger partial charge in [0.15, 0.2) is 17.2 Å². The Labute approximate surface area is 113 Å². The van der Waals surface area contributed by atoms with E-state index in [0.29, 0.717) is 10.6 Å². The predicted octanol–water partition coefficient (Wildman–Crippen LogP) is 2.24. The Kier molecular flexibility index (Phi) is 4.01. The molecule has 0 N–H and O–H groups in total. The summed E-state index contributed by atoms with van der Waals surface area (Å²) in [5.74, 6) is -0.634. The van der Waals surface area contributed by atoms with E-state index in [4.69, 9.17) is 9.47 Å². The lowest BCUT2D eigenvalue weighted by molar-refractivity contribution is -0.142. The molecule has 1 aromatic heterocycles. The van der Waals surface area contributed by atoms with Gasteiger partial charge in [0.25, 0.3) is 0 Å². The second-order valence-electron chi connectivity index (χ2n) is 3.61. The average molecular weight is 280 g/mol. The molecule has 0 saturated carbocycles. The smallest absolute Gasteiger partial charge is 0.351 e. The highest BCUT2D eigenvalue weighted by atomic mass is 32.1. The molecule has 0 radical (unpaired) electrons. The molecule has 1 aromatic carbocycles. The van der Waals surface area contributed by atoms with E-state index < -0.39 is 11.9 Å². The average Bonchev–Trinajstić information content (AvgIpc) is 2.82. The molecule has 5 nitrogen and oxygen atoms in total. The summed E-state index contributed by atoms with van der Waals surface area (Å²) in [4.78, 5) is 23.2. The molecule has 0 fully saturated rings. The third-order valence-corrected chi connectivity index (χ3v) is 3.61. The third-order valence-electron chi connectivity index (χ3n) is 2.48. The Morgan fingerprint density at radius 3 is 2.58 bits per heavy atom. The topological polar surface area (TPSA) is 61.8 Å². The molecule has 2 rings (SSSR count). The van der Waals surface area contributed by atoms with Crippen molar-refractivity contribution < 1.29 is 23.8 Å². The zero-order chi connectivity index (χ0) is 13.8. The second kappa shape index (κ2) is 5.71. The van der Waals surface area contributed by atoms with Crippen LogP contribution in [0.15, 0.2) is 24.3 Å². The largest absolute Gasteiger partial charge is 0.479 e. The lowest BCUT2D eigenvalue weighted by Gasteiger charge is -2.05. The number of esters is 2. The van der Waals surface area contributed by atoms with Gasteiger partial charge in [0.1, 0.15) is 0 Å². The summed E-state index contributed by atoms with van der Waals surface area (Å²) in [7, 11) is 2.58. The third kappa shape index (κ3) is 2.68. The normalized spacial score (nSPS) is 10.2. The highest BCUT2D eigenvalue weighted by molar-refractivity contribution is 7.21. The number of carbonyl (C=O) groups is 2. The van der Waals surface area contributed by atoms with Crippen molar-refractivity contribution in [1.82, 2.24) is 0 Å². The number of ether oxygens (including phenoxy) is 3. The zero-order valence-corrected chi connectivity index (χ0v) is 11.3. The number of benzene rings is 1. The maximum atomic E-state index is 11.7.